The smallest absolute Gasteiger partial charge is 0.419 e. The number of nitrogens with zero attached hydrogens (tertiary/aromatic N) is 1. The van der Waals surface area contributed by atoms with Crippen LogP contribution >= 0.6 is 0 Å². The Bertz CT molecular complexity index is 1110. The zero-order valence-electron chi connectivity index (χ0n) is 19.7. The Morgan fingerprint density at radius 2 is 1.57 bits per heavy atom. The maximum absolute atomic E-state index is 13.2. The zero-order chi connectivity index (χ0) is 24.7. The summed E-state index contributed by atoms with van der Waals surface area (Å²) < 4.78 is 16.2. The third-order valence-electron chi connectivity index (χ3n) is 5.92. The normalized spacial score (nSPS) is 16.6. The minimum atomic E-state index is -1.21. The van der Waals surface area contributed by atoms with Crippen LogP contribution in [0.25, 0.3) is 0 Å². The first-order valence-corrected chi connectivity index (χ1v) is 11.7. The summed E-state index contributed by atoms with van der Waals surface area (Å²) in [5, 5.41) is 11.3. The predicted octanol–water partition coefficient (Wildman–Crippen LogP) is 4.82. The van der Waals surface area contributed by atoms with E-state index in [2.05, 4.69) is 0 Å². The van der Waals surface area contributed by atoms with Crippen molar-refractivity contribution in [3.8, 4) is 5.75 Å². The molecule has 3 aromatic rings. The van der Waals surface area contributed by atoms with Gasteiger partial charge in [0.05, 0.1) is 18.0 Å². The summed E-state index contributed by atoms with van der Waals surface area (Å²) in [6.07, 6.45) is 0.670. The number of rotatable bonds is 8. The highest BCUT2D eigenvalue weighted by atomic mass is 16.6. The highest BCUT2D eigenvalue weighted by Crippen LogP contribution is 2.35. The number of amides is 1. The number of benzene rings is 3. The van der Waals surface area contributed by atoms with Gasteiger partial charge in [0.1, 0.15) is 18.0 Å². The second kappa shape index (κ2) is 11.1. The van der Waals surface area contributed by atoms with Crippen molar-refractivity contribution in [1.29, 1.82) is 0 Å². The Morgan fingerprint density at radius 1 is 0.914 bits per heavy atom. The van der Waals surface area contributed by atoms with E-state index in [1.54, 1.807) is 13.0 Å². The summed E-state index contributed by atoms with van der Waals surface area (Å²) in [6, 6.07) is 24.0. The summed E-state index contributed by atoms with van der Waals surface area (Å²) >= 11 is 0. The molecule has 7 heteroatoms. The Morgan fingerprint density at radius 3 is 2.20 bits per heavy atom. The van der Waals surface area contributed by atoms with Gasteiger partial charge in [-0.1, -0.05) is 48.5 Å². The Hall–Kier alpha value is -3.84. The van der Waals surface area contributed by atoms with Gasteiger partial charge in [-0.3, -0.25) is 0 Å². The van der Waals surface area contributed by atoms with Crippen LogP contribution in [0, 0.1) is 0 Å². The van der Waals surface area contributed by atoms with Crippen LogP contribution in [-0.2, 0) is 27.1 Å². The molecule has 35 heavy (non-hydrogen) atoms. The average molecular weight is 476 g/mol. The van der Waals surface area contributed by atoms with Crippen molar-refractivity contribution in [3.05, 3.63) is 90.0 Å². The molecule has 7 nitrogen and oxygen atoms in total. The number of carbonyl (C=O) groups is 2. The molecule has 1 aliphatic carbocycles. The molecule has 0 bridgehead atoms. The molecule has 0 fully saturated rings. The molecule has 1 aliphatic rings. The molecule has 1 amide bonds. The number of esters is 1. The minimum absolute atomic E-state index is 0.144. The van der Waals surface area contributed by atoms with Crippen LogP contribution in [0.5, 0.6) is 5.75 Å². The lowest BCUT2D eigenvalue weighted by Crippen LogP contribution is -2.42. The van der Waals surface area contributed by atoms with Gasteiger partial charge in [0.25, 0.3) is 0 Å². The highest BCUT2D eigenvalue weighted by molar-refractivity contribution is 5.95. The molecule has 0 saturated heterocycles. The first-order chi connectivity index (χ1) is 17.0. The van der Waals surface area contributed by atoms with Crippen molar-refractivity contribution in [1.82, 2.24) is 0 Å². The van der Waals surface area contributed by atoms with E-state index >= 15 is 0 Å². The molecule has 1 atom stereocenters. The summed E-state index contributed by atoms with van der Waals surface area (Å²) in [4.78, 5) is 26.3. The molecule has 1 N–H and O–H groups in total. The van der Waals surface area contributed by atoms with Gasteiger partial charge in [-0.05, 0) is 61.2 Å². The van der Waals surface area contributed by atoms with Crippen LogP contribution in [0.1, 0.15) is 24.5 Å². The molecule has 0 unspecified atom stereocenters. The number of hydrogen-bond acceptors (Lipinski definition) is 6. The van der Waals surface area contributed by atoms with Crippen molar-refractivity contribution in [2.24, 2.45) is 0 Å². The number of ether oxygens (including phenoxy) is 3. The van der Waals surface area contributed by atoms with Crippen LogP contribution in [0.4, 0.5) is 16.2 Å². The van der Waals surface area contributed by atoms with E-state index in [1.807, 2.05) is 72.8 Å². The van der Waals surface area contributed by atoms with Gasteiger partial charge >= 0.3 is 12.1 Å². The molecule has 0 aromatic heterocycles. The van der Waals surface area contributed by atoms with Crippen molar-refractivity contribution >= 4 is 23.4 Å². The molecule has 182 valence electrons. The van der Waals surface area contributed by atoms with E-state index < -0.39 is 17.7 Å². The van der Waals surface area contributed by atoms with Gasteiger partial charge in [0, 0.05) is 6.42 Å². The lowest BCUT2D eigenvalue weighted by atomic mass is 9.80. The van der Waals surface area contributed by atoms with E-state index in [-0.39, 0.29) is 13.2 Å². The van der Waals surface area contributed by atoms with Crippen molar-refractivity contribution < 1.29 is 28.9 Å². The fourth-order valence-corrected chi connectivity index (χ4v) is 4.23. The molecule has 0 heterocycles. The molecule has 3 aromatic carbocycles. The van der Waals surface area contributed by atoms with Crippen molar-refractivity contribution in [3.63, 3.8) is 0 Å². The first kappa shape index (κ1) is 24.3. The van der Waals surface area contributed by atoms with Crippen molar-refractivity contribution in [2.75, 3.05) is 24.7 Å². The van der Waals surface area contributed by atoms with E-state index in [0.29, 0.717) is 43.0 Å². The molecule has 0 radical (unpaired) electrons. The van der Waals surface area contributed by atoms with Gasteiger partial charge in [0.15, 0.2) is 6.61 Å². The third-order valence-corrected chi connectivity index (χ3v) is 5.92. The fraction of sp³-hybridized carbons (Fsp3) is 0.286. The van der Waals surface area contributed by atoms with E-state index in [4.69, 9.17) is 14.2 Å². The quantitative estimate of drug-likeness (QED) is 0.470. The van der Waals surface area contributed by atoms with Crippen molar-refractivity contribution in [2.45, 2.75) is 31.8 Å². The Labute approximate surface area is 204 Å². The molecular formula is C28H29NO6. The fourth-order valence-electron chi connectivity index (χ4n) is 4.23. The summed E-state index contributed by atoms with van der Waals surface area (Å²) in [5.41, 5.74) is 1.99. The monoisotopic (exact) mass is 475 g/mol. The molecule has 0 aliphatic heterocycles. The number of hydrogen-bond donors (Lipinski definition) is 1. The largest absolute Gasteiger partial charge is 0.482 e. The number of para-hydroxylation sites is 2. The van der Waals surface area contributed by atoms with Crippen LogP contribution in [0.3, 0.4) is 0 Å². The van der Waals surface area contributed by atoms with E-state index in [9.17, 15) is 14.7 Å². The van der Waals surface area contributed by atoms with Gasteiger partial charge in [-0.25, -0.2) is 14.5 Å². The first-order valence-electron chi connectivity index (χ1n) is 11.7. The maximum atomic E-state index is 13.2. The summed E-state index contributed by atoms with van der Waals surface area (Å²) in [6.45, 7) is 1.73. The van der Waals surface area contributed by atoms with Gasteiger partial charge in [0.2, 0.25) is 0 Å². The number of carbonyl (C=O) groups excluding carboxylic acids is 2. The molecule has 0 saturated carbocycles. The van der Waals surface area contributed by atoms with Gasteiger partial charge < -0.3 is 19.3 Å². The number of anilines is 2. The second-order valence-electron chi connectivity index (χ2n) is 8.45. The summed E-state index contributed by atoms with van der Waals surface area (Å²) in [7, 11) is 0. The molecule has 0 spiro atoms. The van der Waals surface area contributed by atoms with Gasteiger partial charge in [-0.15, -0.1) is 0 Å². The lowest BCUT2D eigenvalue weighted by molar-refractivity contribution is -0.145. The molecular weight excluding hydrogens is 446 g/mol. The average Bonchev–Trinajstić information content (AvgIpc) is 2.88. The zero-order valence-corrected chi connectivity index (χ0v) is 19.7. The topological polar surface area (TPSA) is 85.3 Å². The minimum Gasteiger partial charge on any atom is -0.482 e. The van der Waals surface area contributed by atoms with Crippen LogP contribution < -0.4 is 9.64 Å². The SMILES string of the molecule is CCOC(=O)COc1cccc2c1CC[C@@](O)(COC(=O)N(c1ccccc1)c1ccccc1)C2. The maximum Gasteiger partial charge on any atom is 0.419 e. The van der Waals surface area contributed by atoms with E-state index in [1.165, 1.54) is 4.90 Å². The van der Waals surface area contributed by atoms with Crippen LogP contribution in [0.2, 0.25) is 0 Å². The predicted molar refractivity (Wildman–Crippen MR) is 132 cm³/mol. The third kappa shape index (κ3) is 6.00. The standard InChI is InChI=1S/C28H29NO6/c1-2-33-26(30)19-34-25-15-9-10-21-18-28(32,17-16-24(21)25)20-35-27(31)29(22-11-5-3-6-12-22)23-13-7-4-8-14-23/h3-15,32H,2,16-20H2,1H3/t28-/m0/s1. The summed E-state index contributed by atoms with van der Waals surface area (Å²) in [5.74, 6) is 0.180. The van der Waals surface area contributed by atoms with Crippen LogP contribution in [0.15, 0.2) is 78.9 Å². The van der Waals surface area contributed by atoms with Gasteiger partial charge in [-0.2, -0.15) is 0 Å². The highest BCUT2D eigenvalue weighted by Gasteiger charge is 2.35. The Kier molecular flexibility index (Phi) is 7.67. The Balaban J connectivity index is 1.44. The number of aliphatic hydroxyl groups is 1. The molecule has 4 rings (SSSR count). The lowest BCUT2D eigenvalue weighted by Gasteiger charge is -2.34. The van der Waals surface area contributed by atoms with Crippen LogP contribution in [-0.4, -0.2) is 42.6 Å². The van der Waals surface area contributed by atoms with E-state index in [0.717, 1.165) is 11.1 Å². The second-order valence-corrected chi connectivity index (χ2v) is 8.45. The number of fused-ring (bicyclic) bond motifs is 1.